The SMILES string of the molecule is Cc1c(C(=O)NCC2(c3ccc(F)cc3)CCCC2)nnn1C1CCNCC1. The zero-order valence-corrected chi connectivity index (χ0v) is 16.4. The van der Waals surface area contributed by atoms with Crippen molar-refractivity contribution in [3.05, 3.63) is 47.0 Å². The quantitative estimate of drug-likeness (QED) is 0.830. The zero-order valence-electron chi connectivity index (χ0n) is 16.4. The van der Waals surface area contributed by atoms with Gasteiger partial charge in [0.2, 0.25) is 0 Å². The molecule has 1 aromatic carbocycles. The van der Waals surface area contributed by atoms with Gasteiger partial charge in [-0.2, -0.15) is 0 Å². The summed E-state index contributed by atoms with van der Waals surface area (Å²) in [5.41, 5.74) is 2.21. The fourth-order valence-electron chi connectivity index (χ4n) is 4.70. The van der Waals surface area contributed by atoms with Gasteiger partial charge >= 0.3 is 0 Å². The van der Waals surface area contributed by atoms with E-state index in [2.05, 4.69) is 20.9 Å². The second kappa shape index (κ2) is 7.99. The summed E-state index contributed by atoms with van der Waals surface area (Å²) in [7, 11) is 0. The number of amides is 1. The summed E-state index contributed by atoms with van der Waals surface area (Å²) in [5, 5.41) is 14.9. The molecule has 4 rings (SSSR count). The van der Waals surface area contributed by atoms with E-state index in [0.29, 0.717) is 18.3 Å². The summed E-state index contributed by atoms with van der Waals surface area (Å²) >= 11 is 0. The molecule has 1 amide bonds. The van der Waals surface area contributed by atoms with Crippen LogP contribution in [0.2, 0.25) is 0 Å². The summed E-state index contributed by atoms with van der Waals surface area (Å²) in [4.78, 5) is 12.8. The van der Waals surface area contributed by atoms with Crippen molar-refractivity contribution in [3.63, 3.8) is 0 Å². The third-order valence-electron chi connectivity index (χ3n) is 6.40. The monoisotopic (exact) mass is 385 g/mol. The topological polar surface area (TPSA) is 71.8 Å². The van der Waals surface area contributed by atoms with Crippen LogP contribution < -0.4 is 10.6 Å². The lowest BCUT2D eigenvalue weighted by Crippen LogP contribution is -2.39. The molecule has 2 fully saturated rings. The van der Waals surface area contributed by atoms with E-state index in [-0.39, 0.29) is 17.1 Å². The molecule has 1 aromatic heterocycles. The smallest absolute Gasteiger partial charge is 0.273 e. The average Bonchev–Trinajstić information content (AvgIpc) is 3.35. The Kier molecular flexibility index (Phi) is 5.44. The fraction of sp³-hybridized carbons (Fsp3) is 0.571. The molecule has 7 heteroatoms. The number of aromatic nitrogens is 3. The number of carbonyl (C=O) groups is 1. The number of nitrogens with one attached hydrogen (secondary N) is 2. The maximum Gasteiger partial charge on any atom is 0.273 e. The van der Waals surface area contributed by atoms with Crippen LogP contribution in [-0.2, 0) is 5.41 Å². The first-order valence-electron chi connectivity index (χ1n) is 10.3. The highest BCUT2D eigenvalue weighted by Crippen LogP contribution is 2.40. The van der Waals surface area contributed by atoms with Crippen molar-refractivity contribution in [1.29, 1.82) is 0 Å². The van der Waals surface area contributed by atoms with Crippen molar-refractivity contribution in [1.82, 2.24) is 25.6 Å². The summed E-state index contributed by atoms with van der Waals surface area (Å²) in [5.74, 6) is -0.405. The van der Waals surface area contributed by atoms with Crippen molar-refractivity contribution in [2.45, 2.75) is 56.9 Å². The maximum atomic E-state index is 13.3. The van der Waals surface area contributed by atoms with E-state index in [1.165, 1.54) is 12.1 Å². The summed E-state index contributed by atoms with van der Waals surface area (Å²) in [6.45, 7) is 4.39. The van der Waals surface area contributed by atoms with Crippen LogP contribution in [-0.4, -0.2) is 40.5 Å². The lowest BCUT2D eigenvalue weighted by Gasteiger charge is -2.30. The van der Waals surface area contributed by atoms with Crippen LogP contribution in [0.15, 0.2) is 24.3 Å². The third kappa shape index (κ3) is 3.68. The van der Waals surface area contributed by atoms with Gasteiger partial charge in [0.25, 0.3) is 5.91 Å². The molecule has 0 unspecified atom stereocenters. The first kappa shape index (κ1) is 19.1. The van der Waals surface area contributed by atoms with Gasteiger partial charge in [-0.15, -0.1) is 5.10 Å². The molecule has 2 N–H and O–H groups in total. The molecule has 2 heterocycles. The largest absolute Gasteiger partial charge is 0.350 e. The first-order valence-corrected chi connectivity index (χ1v) is 10.3. The Balaban J connectivity index is 1.47. The Labute approximate surface area is 164 Å². The predicted octanol–water partition coefficient (Wildman–Crippen LogP) is 2.89. The van der Waals surface area contributed by atoms with E-state index in [9.17, 15) is 9.18 Å². The highest BCUT2D eigenvalue weighted by atomic mass is 19.1. The van der Waals surface area contributed by atoms with E-state index < -0.39 is 0 Å². The van der Waals surface area contributed by atoms with E-state index in [0.717, 1.165) is 62.9 Å². The Bertz CT molecular complexity index is 820. The highest BCUT2D eigenvalue weighted by molar-refractivity contribution is 5.93. The van der Waals surface area contributed by atoms with Crippen LogP contribution in [0.4, 0.5) is 4.39 Å². The number of piperidine rings is 1. The number of hydrogen-bond acceptors (Lipinski definition) is 4. The van der Waals surface area contributed by atoms with Gasteiger partial charge in [0.1, 0.15) is 5.82 Å². The van der Waals surface area contributed by atoms with Gasteiger partial charge in [0.05, 0.1) is 11.7 Å². The highest BCUT2D eigenvalue weighted by Gasteiger charge is 2.36. The van der Waals surface area contributed by atoms with Crippen molar-refractivity contribution in [2.75, 3.05) is 19.6 Å². The number of hydrogen-bond donors (Lipinski definition) is 2. The first-order chi connectivity index (χ1) is 13.6. The van der Waals surface area contributed by atoms with Crippen LogP contribution in [0.25, 0.3) is 0 Å². The molecule has 1 saturated carbocycles. The van der Waals surface area contributed by atoms with Crippen molar-refractivity contribution >= 4 is 5.91 Å². The fourth-order valence-corrected chi connectivity index (χ4v) is 4.70. The molecule has 0 atom stereocenters. The van der Waals surface area contributed by atoms with E-state index in [4.69, 9.17) is 0 Å². The van der Waals surface area contributed by atoms with E-state index in [1.807, 2.05) is 23.7 Å². The lowest BCUT2D eigenvalue weighted by atomic mass is 9.79. The molecular formula is C21H28FN5O. The van der Waals surface area contributed by atoms with E-state index in [1.54, 1.807) is 0 Å². The van der Waals surface area contributed by atoms with Crippen molar-refractivity contribution < 1.29 is 9.18 Å². The Hall–Kier alpha value is -2.28. The van der Waals surface area contributed by atoms with Crippen LogP contribution >= 0.6 is 0 Å². The number of nitrogens with zero attached hydrogens (tertiary/aromatic N) is 3. The van der Waals surface area contributed by atoms with Gasteiger partial charge in [-0.25, -0.2) is 9.07 Å². The van der Waals surface area contributed by atoms with Crippen molar-refractivity contribution in [3.8, 4) is 0 Å². The molecule has 28 heavy (non-hydrogen) atoms. The van der Waals surface area contributed by atoms with Gasteiger partial charge in [-0.3, -0.25) is 4.79 Å². The molecule has 6 nitrogen and oxygen atoms in total. The van der Waals surface area contributed by atoms with Crippen LogP contribution in [0, 0.1) is 12.7 Å². The van der Waals surface area contributed by atoms with E-state index >= 15 is 0 Å². The van der Waals surface area contributed by atoms with Crippen LogP contribution in [0.5, 0.6) is 0 Å². The molecule has 0 radical (unpaired) electrons. The van der Waals surface area contributed by atoms with Gasteiger partial charge in [0.15, 0.2) is 5.69 Å². The molecule has 0 spiro atoms. The average molecular weight is 385 g/mol. The molecule has 1 aliphatic carbocycles. The Morgan fingerprint density at radius 3 is 2.61 bits per heavy atom. The summed E-state index contributed by atoms with van der Waals surface area (Å²) in [6.07, 6.45) is 6.24. The Morgan fingerprint density at radius 2 is 1.93 bits per heavy atom. The normalized spacial score (nSPS) is 19.6. The summed E-state index contributed by atoms with van der Waals surface area (Å²) in [6, 6.07) is 7.02. The van der Waals surface area contributed by atoms with Gasteiger partial charge < -0.3 is 10.6 Å². The third-order valence-corrected chi connectivity index (χ3v) is 6.40. The predicted molar refractivity (Wildman–Crippen MR) is 105 cm³/mol. The lowest BCUT2D eigenvalue weighted by molar-refractivity contribution is 0.0937. The molecular weight excluding hydrogens is 357 g/mol. The minimum atomic E-state index is -0.230. The van der Waals surface area contributed by atoms with Crippen LogP contribution in [0.1, 0.15) is 66.3 Å². The second-order valence-corrected chi connectivity index (χ2v) is 8.13. The van der Waals surface area contributed by atoms with Crippen molar-refractivity contribution in [2.24, 2.45) is 0 Å². The number of rotatable bonds is 5. The van der Waals surface area contributed by atoms with Crippen LogP contribution in [0.3, 0.4) is 0 Å². The molecule has 150 valence electrons. The maximum absolute atomic E-state index is 13.3. The second-order valence-electron chi connectivity index (χ2n) is 8.13. The van der Waals surface area contributed by atoms with Gasteiger partial charge in [-0.1, -0.05) is 30.2 Å². The minimum absolute atomic E-state index is 0.123. The standard InChI is InChI=1S/C21H28FN5O/c1-15-19(25-26-27(15)18-8-12-23-13-9-18)20(28)24-14-21(10-2-3-11-21)16-4-6-17(22)7-5-16/h4-7,18,23H,2-3,8-14H2,1H3,(H,24,28). The van der Waals surface area contributed by atoms with Gasteiger partial charge in [-0.05, 0) is 63.4 Å². The minimum Gasteiger partial charge on any atom is -0.350 e. The number of benzene rings is 1. The molecule has 0 bridgehead atoms. The van der Waals surface area contributed by atoms with Gasteiger partial charge in [0, 0.05) is 12.0 Å². The zero-order chi connectivity index (χ0) is 19.6. The Morgan fingerprint density at radius 1 is 1.25 bits per heavy atom. The number of halogens is 1. The summed E-state index contributed by atoms with van der Waals surface area (Å²) < 4.78 is 15.2. The molecule has 2 aromatic rings. The molecule has 1 aliphatic heterocycles. The number of carbonyl (C=O) groups excluding carboxylic acids is 1. The molecule has 1 saturated heterocycles. The molecule has 2 aliphatic rings.